The van der Waals surface area contributed by atoms with Crippen LogP contribution in [0.25, 0.3) is 0 Å². The lowest BCUT2D eigenvalue weighted by molar-refractivity contribution is -0.144. The molecule has 2 aromatic carbocycles. The van der Waals surface area contributed by atoms with E-state index >= 15 is 0 Å². The summed E-state index contributed by atoms with van der Waals surface area (Å²) >= 11 is 0. The zero-order valence-corrected chi connectivity index (χ0v) is 13.7. The molecule has 0 aliphatic rings. The van der Waals surface area contributed by atoms with Crippen molar-refractivity contribution < 1.29 is 28.6 Å². The van der Waals surface area contributed by atoms with E-state index in [0.717, 1.165) is 0 Å². The number of hydrogen-bond acceptors (Lipinski definition) is 6. The van der Waals surface area contributed by atoms with Crippen LogP contribution in [0.1, 0.15) is 27.6 Å². The monoisotopic (exact) mass is 342 g/mol. The molecule has 130 valence electrons. The smallest absolute Gasteiger partial charge is 0.338 e. The molecular weight excluding hydrogens is 324 g/mol. The van der Waals surface area contributed by atoms with E-state index in [2.05, 4.69) is 0 Å². The largest absolute Gasteiger partial charge is 0.462 e. The first-order valence-electron chi connectivity index (χ1n) is 7.68. The molecule has 0 saturated heterocycles. The van der Waals surface area contributed by atoms with Gasteiger partial charge in [-0.05, 0) is 24.3 Å². The third kappa shape index (κ3) is 6.10. The minimum absolute atomic E-state index is 0.198. The molecule has 0 fully saturated rings. The maximum absolute atomic E-state index is 12.1. The summed E-state index contributed by atoms with van der Waals surface area (Å²) in [4.78, 5) is 35.1. The lowest BCUT2D eigenvalue weighted by atomic mass is 10.2. The van der Waals surface area contributed by atoms with Gasteiger partial charge in [0.1, 0.15) is 13.2 Å². The molecule has 6 heteroatoms. The third-order valence-corrected chi connectivity index (χ3v) is 3.17. The first kappa shape index (κ1) is 18.2. The Bertz CT molecular complexity index is 711. The summed E-state index contributed by atoms with van der Waals surface area (Å²) in [5.74, 6) is -1.66. The summed E-state index contributed by atoms with van der Waals surface area (Å²) < 4.78 is 15.3. The Morgan fingerprint density at radius 3 is 1.76 bits per heavy atom. The summed E-state index contributed by atoms with van der Waals surface area (Å²) in [6.45, 7) is 0.821. The van der Waals surface area contributed by atoms with E-state index in [0.29, 0.717) is 11.1 Å². The van der Waals surface area contributed by atoms with Gasteiger partial charge in [0, 0.05) is 6.92 Å². The minimum Gasteiger partial charge on any atom is -0.462 e. The molecule has 1 atom stereocenters. The Kier molecular flexibility index (Phi) is 6.71. The number of rotatable bonds is 7. The normalized spacial score (nSPS) is 11.2. The van der Waals surface area contributed by atoms with Crippen molar-refractivity contribution in [2.45, 2.75) is 13.0 Å². The van der Waals surface area contributed by atoms with Crippen LogP contribution in [0.4, 0.5) is 0 Å². The van der Waals surface area contributed by atoms with Crippen molar-refractivity contribution >= 4 is 17.9 Å². The van der Waals surface area contributed by atoms with E-state index in [-0.39, 0.29) is 13.2 Å². The number of benzene rings is 2. The molecule has 0 radical (unpaired) electrons. The van der Waals surface area contributed by atoms with Crippen LogP contribution >= 0.6 is 0 Å². The maximum atomic E-state index is 12.1. The molecule has 0 heterocycles. The van der Waals surface area contributed by atoms with Crippen LogP contribution in [0, 0.1) is 0 Å². The van der Waals surface area contributed by atoms with E-state index in [9.17, 15) is 14.4 Å². The van der Waals surface area contributed by atoms with Gasteiger partial charge in [0.15, 0.2) is 6.10 Å². The van der Waals surface area contributed by atoms with Gasteiger partial charge in [0.25, 0.3) is 0 Å². The second kappa shape index (κ2) is 9.22. The summed E-state index contributed by atoms with van der Waals surface area (Å²) in [6, 6.07) is 16.8. The number of carbonyl (C=O) groups is 3. The summed E-state index contributed by atoms with van der Waals surface area (Å²) in [6.07, 6.45) is -0.899. The molecule has 0 saturated carbocycles. The van der Waals surface area contributed by atoms with Crippen molar-refractivity contribution in [1.29, 1.82) is 0 Å². The molecule has 0 aliphatic carbocycles. The van der Waals surface area contributed by atoms with Crippen molar-refractivity contribution in [2.24, 2.45) is 0 Å². The highest BCUT2D eigenvalue weighted by Gasteiger charge is 2.20. The molecule has 0 spiro atoms. The van der Waals surface area contributed by atoms with Gasteiger partial charge in [0.05, 0.1) is 11.1 Å². The van der Waals surface area contributed by atoms with Crippen LogP contribution in [0.3, 0.4) is 0 Å². The van der Waals surface area contributed by atoms with Gasteiger partial charge in [-0.3, -0.25) is 4.79 Å². The van der Waals surface area contributed by atoms with Crippen molar-refractivity contribution in [2.75, 3.05) is 13.2 Å². The number of carbonyl (C=O) groups excluding carboxylic acids is 3. The molecular formula is C19H18O6. The highest BCUT2D eigenvalue weighted by atomic mass is 16.6. The van der Waals surface area contributed by atoms with Gasteiger partial charge in [-0.1, -0.05) is 36.4 Å². The first-order valence-corrected chi connectivity index (χ1v) is 7.68. The maximum Gasteiger partial charge on any atom is 0.338 e. The average molecular weight is 342 g/mol. The molecule has 6 nitrogen and oxygen atoms in total. The molecule has 2 aromatic rings. The molecule has 0 aliphatic heterocycles. The Hall–Kier alpha value is -3.15. The van der Waals surface area contributed by atoms with Gasteiger partial charge < -0.3 is 14.2 Å². The Morgan fingerprint density at radius 1 is 0.760 bits per heavy atom. The van der Waals surface area contributed by atoms with E-state index < -0.39 is 24.0 Å². The predicted molar refractivity (Wildman–Crippen MR) is 89.0 cm³/mol. The fraction of sp³-hybridized carbons (Fsp3) is 0.211. The van der Waals surface area contributed by atoms with Crippen molar-refractivity contribution in [1.82, 2.24) is 0 Å². The lowest BCUT2D eigenvalue weighted by Crippen LogP contribution is -2.30. The number of esters is 3. The van der Waals surface area contributed by atoms with E-state index in [1.807, 2.05) is 0 Å². The van der Waals surface area contributed by atoms with Crippen LogP contribution in [-0.4, -0.2) is 37.2 Å². The molecule has 0 unspecified atom stereocenters. The predicted octanol–water partition coefficient (Wildman–Crippen LogP) is 2.63. The molecule has 2 rings (SSSR count). The van der Waals surface area contributed by atoms with Crippen molar-refractivity contribution in [3.63, 3.8) is 0 Å². The highest BCUT2D eigenvalue weighted by Crippen LogP contribution is 2.07. The summed E-state index contributed by atoms with van der Waals surface area (Å²) in [5, 5.41) is 0. The van der Waals surface area contributed by atoms with Gasteiger partial charge in [-0.15, -0.1) is 0 Å². The Balaban J connectivity index is 1.96. The Morgan fingerprint density at radius 2 is 1.24 bits per heavy atom. The van der Waals surface area contributed by atoms with Crippen LogP contribution in [-0.2, 0) is 19.0 Å². The van der Waals surface area contributed by atoms with E-state index in [4.69, 9.17) is 14.2 Å². The standard InChI is InChI=1S/C19H18O6/c1-14(20)23-12-17(25-19(22)16-10-6-3-7-11-16)13-24-18(21)15-8-4-2-5-9-15/h2-11,17H,12-13H2,1H3/t17-/m0/s1. The fourth-order valence-corrected chi connectivity index (χ4v) is 1.95. The molecule has 25 heavy (non-hydrogen) atoms. The summed E-state index contributed by atoms with van der Waals surface area (Å²) in [7, 11) is 0. The topological polar surface area (TPSA) is 78.9 Å². The fourth-order valence-electron chi connectivity index (χ4n) is 1.95. The van der Waals surface area contributed by atoms with Crippen molar-refractivity contribution in [3.05, 3.63) is 71.8 Å². The van der Waals surface area contributed by atoms with Gasteiger partial charge in [0.2, 0.25) is 0 Å². The zero-order chi connectivity index (χ0) is 18.1. The molecule has 0 amide bonds. The third-order valence-electron chi connectivity index (χ3n) is 3.17. The molecule has 0 N–H and O–H groups in total. The minimum atomic E-state index is -0.899. The zero-order valence-electron chi connectivity index (χ0n) is 13.7. The van der Waals surface area contributed by atoms with Crippen LogP contribution in [0.15, 0.2) is 60.7 Å². The quantitative estimate of drug-likeness (QED) is 0.568. The van der Waals surface area contributed by atoms with Gasteiger partial charge >= 0.3 is 17.9 Å². The van der Waals surface area contributed by atoms with E-state index in [1.54, 1.807) is 60.7 Å². The highest BCUT2D eigenvalue weighted by molar-refractivity contribution is 5.90. The SMILES string of the molecule is CC(=O)OC[C@@H](COC(=O)c1ccccc1)OC(=O)c1ccccc1. The van der Waals surface area contributed by atoms with Crippen molar-refractivity contribution in [3.8, 4) is 0 Å². The van der Waals surface area contributed by atoms with Crippen LogP contribution in [0.5, 0.6) is 0 Å². The van der Waals surface area contributed by atoms with Crippen LogP contribution < -0.4 is 0 Å². The Labute approximate surface area is 145 Å². The number of hydrogen-bond donors (Lipinski definition) is 0. The molecule has 0 bridgehead atoms. The summed E-state index contributed by atoms with van der Waals surface area (Å²) in [5.41, 5.74) is 0.729. The second-order valence-electron chi connectivity index (χ2n) is 5.16. The number of ether oxygens (including phenoxy) is 3. The first-order chi connectivity index (χ1) is 12.1. The molecule has 0 aromatic heterocycles. The lowest BCUT2D eigenvalue weighted by Gasteiger charge is -2.17. The second-order valence-corrected chi connectivity index (χ2v) is 5.16. The average Bonchev–Trinajstić information content (AvgIpc) is 2.64. The van der Waals surface area contributed by atoms with Crippen LogP contribution in [0.2, 0.25) is 0 Å². The van der Waals surface area contributed by atoms with Gasteiger partial charge in [-0.2, -0.15) is 0 Å². The van der Waals surface area contributed by atoms with E-state index in [1.165, 1.54) is 6.92 Å². The van der Waals surface area contributed by atoms with Gasteiger partial charge in [-0.25, -0.2) is 9.59 Å².